The Morgan fingerprint density at radius 3 is 2.13 bits per heavy atom. The molecule has 2 amide bonds. The minimum atomic E-state index is -4.15. The van der Waals surface area contributed by atoms with Gasteiger partial charge < -0.3 is 15.0 Å². The fourth-order valence-electron chi connectivity index (χ4n) is 3.93. The second-order valence-corrected chi connectivity index (χ2v) is 10.6. The summed E-state index contributed by atoms with van der Waals surface area (Å²) in [6, 6.07) is 23.1. The van der Waals surface area contributed by atoms with Crippen LogP contribution in [-0.2, 0) is 26.2 Å². The Bertz CT molecular complexity index is 1300. The summed E-state index contributed by atoms with van der Waals surface area (Å²) in [4.78, 5) is 28.2. The summed E-state index contributed by atoms with van der Waals surface area (Å²) >= 11 is 0. The molecule has 0 aliphatic carbocycles. The van der Waals surface area contributed by atoms with Gasteiger partial charge in [0, 0.05) is 13.1 Å². The molecule has 0 aliphatic rings. The fraction of sp³-hybridized carbons (Fsp3) is 0.310. The van der Waals surface area contributed by atoms with Crippen LogP contribution in [0, 0.1) is 0 Å². The van der Waals surface area contributed by atoms with Crippen LogP contribution in [0.25, 0.3) is 0 Å². The second-order valence-electron chi connectivity index (χ2n) is 8.70. The van der Waals surface area contributed by atoms with Crippen molar-refractivity contribution in [1.82, 2.24) is 10.2 Å². The van der Waals surface area contributed by atoms with Crippen molar-refractivity contribution < 1.29 is 22.7 Å². The number of amides is 2. The molecule has 0 heterocycles. The topological polar surface area (TPSA) is 96.0 Å². The Hall–Kier alpha value is -3.85. The molecule has 38 heavy (non-hydrogen) atoms. The Kier molecular flexibility index (Phi) is 10.3. The summed E-state index contributed by atoms with van der Waals surface area (Å²) in [6.07, 6.45) is 0.752. The van der Waals surface area contributed by atoms with Crippen LogP contribution in [0.3, 0.4) is 0 Å². The monoisotopic (exact) mass is 537 g/mol. The Morgan fingerprint density at radius 1 is 0.895 bits per heavy atom. The van der Waals surface area contributed by atoms with Crippen molar-refractivity contribution in [3.63, 3.8) is 0 Å². The molecule has 3 rings (SSSR count). The lowest BCUT2D eigenvalue weighted by molar-refractivity contribution is -0.139. The Labute approximate surface area is 225 Å². The molecular weight excluding hydrogens is 502 g/mol. The highest BCUT2D eigenvalue weighted by atomic mass is 32.2. The molecule has 0 radical (unpaired) electrons. The molecule has 0 aliphatic heterocycles. The van der Waals surface area contributed by atoms with Crippen LogP contribution in [0.2, 0.25) is 0 Å². The highest BCUT2D eigenvalue weighted by molar-refractivity contribution is 7.92. The second kappa shape index (κ2) is 13.6. The van der Waals surface area contributed by atoms with Crippen molar-refractivity contribution in [3.05, 3.63) is 90.5 Å². The summed E-state index contributed by atoms with van der Waals surface area (Å²) < 4.78 is 34.5. The molecule has 0 spiro atoms. The Morgan fingerprint density at radius 2 is 1.50 bits per heavy atom. The van der Waals surface area contributed by atoms with E-state index in [9.17, 15) is 18.0 Å². The molecule has 0 fully saturated rings. The predicted octanol–water partition coefficient (Wildman–Crippen LogP) is 4.22. The molecule has 0 unspecified atom stereocenters. The summed E-state index contributed by atoms with van der Waals surface area (Å²) in [6.45, 7) is 5.82. The lowest BCUT2D eigenvalue weighted by Gasteiger charge is -2.32. The first-order valence-electron chi connectivity index (χ1n) is 12.7. The normalized spacial score (nSPS) is 11.9. The van der Waals surface area contributed by atoms with E-state index in [0.29, 0.717) is 18.9 Å². The van der Waals surface area contributed by atoms with Gasteiger partial charge in [-0.25, -0.2) is 8.42 Å². The maximum Gasteiger partial charge on any atom is 0.264 e. The molecule has 8 nitrogen and oxygen atoms in total. The summed E-state index contributed by atoms with van der Waals surface area (Å²) in [5, 5.41) is 2.84. The number of carbonyl (C=O) groups is 2. The van der Waals surface area contributed by atoms with Crippen LogP contribution in [0.4, 0.5) is 5.69 Å². The number of carbonyl (C=O) groups excluding carboxylic acids is 2. The molecule has 9 heteroatoms. The van der Waals surface area contributed by atoms with Gasteiger partial charge in [0.15, 0.2) is 0 Å². The summed E-state index contributed by atoms with van der Waals surface area (Å²) in [5.41, 5.74) is 1.07. The lowest BCUT2D eigenvalue weighted by Crippen LogP contribution is -2.51. The number of benzene rings is 3. The molecule has 202 valence electrons. The third-order valence-electron chi connectivity index (χ3n) is 5.96. The lowest BCUT2D eigenvalue weighted by atomic mass is 10.1. The first kappa shape index (κ1) is 28.7. The first-order valence-corrected chi connectivity index (χ1v) is 14.1. The van der Waals surface area contributed by atoms with Crippen LogP contribution in [0.15, 0.2) is 89.8 Å². The van der Waals surface area contributed by atoms with Crippen molar-refractivity contribution in [1.29, 1.82) is 0 Å². The van der Waals surface area contributed by atoms with Gasteiger partial charge in [-0.1, -0.05) is 67.6 Å². The van der Waals surface area contributed by atoms with E-state index >= 15 is 0 Å². The van der Waals surface area contributed by atoms with Gasteiger partial charge in [-0.2, -0.15) is 0 Å². The predicted molar refractivity (Wildman–Crippen MR) is 148 cm³/mol. The van der Waals surface area contributed by atoms with E-state index in [1.165, 1.54) is 17.0 Å². The zero-order chi connectivity index (χ0) is 27.5. The maximum absolute atomic E-state index is 13.9. The highest BCUT2D eigenvalue weighted by Gasteiger charge is 2.33. The number of rotatable bonds is 13. The standard InChI is InChI=1S/C29H35N3O5S/c1-4-20-30-29(34)23(3)31(21-24-14-8-6-9-15-24)28(33)22-32(26-18-12-13-19-27(26)37-5-2)38(35,36)25-16-10-7-11-17-25/h6-19,23H,4-5,20-22H2,1-3H3,(H,30,34)/t23-/m1/s1. The zero-order valence-corrected chi connectivity index (χ0v) is 22.9. The third kappa shape index (κ3) is 7.13. The van der Waals surface area contributed by atoms with Gasteiger partial charge in [0.25, 0.3) is 10.0 Å². The van der Waals surface area contributed by atoms with E-state index in [1.807, 2.05) is 37.3 Å². The van der Waals surface area contributed by atoms with Gasteiger partial charge in [-0.3, -0.25) is 13.9 Å². The molecule has 3 aromatic rings. The number of para-hydroxylation sites is 2. The van der Waals surface area contributed by atoms with Gasteiger partial charge in [-0.05, 0) is 50.1 Å². The van der Waals surface area contributed by atoms with Crippen molar-refractivity contribution in [2.45, 2.75) is 44.7 Å². The number of anilines is 1. The molecule has 1 N–H and O–H groups in total. The molecule has 0 saturated heterocycles. The molecule has 0 bridgehead atoms. The number of hydrogen-bond acceptors (Lipinski definition) is 5. The van der Waals surface area contributed by atoms with E-state index < -0.39 is 28.5 Å². The van der Waals surface area contributed by atoms with E-state index in [-0.39, 0.29) is 23.0 Å². The summed E-state index contributed by atoms with van der Waals surface area (Å²) in [5.74, 6) is -0.479. The summed E-state index contributed by atoms with van der Waals surface area (Å²) in [7, 11) is -4.15. The zero-order valence-electron chi connectivity index (χ0n) is 22.0. The van der Waals surface area contributed by atoms with Crippen LogP contribution in [0.1, 0.15) is 32.8 Å². The number of ether oxygens (including phenoxy) is 1. The number of hydrogen-bond donors (Lipinski definition) is 1. The highest BCUT2D eigenvalue weighted by Crippen LogP contribution is 2.32. The van der Waals surface area contributed by atoms with Crippen LogP contribution < -0.4 is 14.4 Å². The van der Waals surface area contributed by atoms with Gasteiger partial charge in [0.2, 0.25) is 11.8 Å². The van der Waals surface area contributed by atoms with Crippen molar-refractivity contribution >= 4 is 27.5 Å². The molecular formula is C29H35N3O5S. The van der Waals surface area contributed by atoms with Crippen molar-refractivity contribution in [2.75, 3.05) is 24.0 Å². The Balaban J connectivity index is 2.04. The number of nitrogens with zero attached hydrogens (tertiary/aromatic N) is 2. The van der Waals surface area contributed by atoms with Crippen molar-refractivity contribution in [3.8, 4) is 5.75 Å². The van der Waals surface area contributed by atoms with E-state index in [1.54, 1.807) is 56.3 Å². The first-order chi connectivity index (χ1) is 18.3. The van der Waals surface area contributed by atoms with Gasteiger partial charge in [0.1, 0.15) is 18.3 Å². The maximum atomic E-state index is 13.9. The minimum absolute atomic E-state index is 0.0439. The molecule has 3 aromatic carbocycles. The number of sulfonamides is 1. The molecule has 0 saturated carbocycles. The smallest absolute Gasteiger partial charge is 0.264 e. The van der Waals surface area contributed by atoms with E-state index in [4.69, 9.17) is 4.74 Å². The van der Waals surface area contributed by atoms with Crippen LogP contribution >= 0.6 is 0 Å². The quantitative estimate of drug-likeness (QED) is 0.352. The SMILES string of the molecule is CCCNC(=O)[C@@H](C)N(Cc1ccccc1)C(=O)CN(c1ccccc1OCC)S(=O)(=O)c1ccccc1. The average Bonchev–Trinajstić information content (AvgIpc) is 2.94. The molecule has 0 aromatic heterocycles. The third-order valence-corrected chi connectivity index (χ3v) is 7.73. The van der Waals surface area contributed by atoms with Gasteiger partial charge in [-0.15, -0.1) is 0 Å². The molecule has 1 atom stereocenters. The van der Waals surface area contributed by atoms with Crippen LogP contribution in [0.5, 0.6) is 5.75 Å². The van der Waals surface area contributed by atoms with Crippen molar-refractivity contribution in [2.24, 2.45) is 0 Å². The van der Waals surface area contributed by atoms with Gasteiger partial charge >= 0.3 is 0 Å². The average molecular weight is 538 g/mol. The minimum Gasteiger partial charge on any atom is -0.492 e. The van der Waals surface area contributed by atoms with E-state index in [0.717, 1.165) is 16.3 Å². The largest absolute Gasteiger partial charge is 0.492 e. The van der Waals surface area contributed by atoms with Crippen LogP contribution in [-0.4, -0.2) is 50.9 Å². The van der Waals surface area contributed by atoms with Gasteiger partial charge in [0.05, 0.1) is 17.2 Å². The fourth-order valence-corrected chi connectivity index (χ4v) is 5.38. The number of nitrogens with one attached hydrogen (secondary N) is 1. The van der Waals surface area contributed by atoms with E-state index in [2.05, 4.69) is 5.32 Å².